The van der Waals surface area contributed by atoms with E-state index in [9.17, 15) is 14.4 Å². The summed E-state index contributed by atoms with van der Waals surface area (Å²) < 4.78 is 6.14. The number of carbonyl (C=O) groups is 2. The molecular formula is C26H43N5O4. The summed E-state index contributed by atoms with van der Waals surface area (Å²) in [6, 6.07) is 3.44. The molecule has 1 aliphatic rings. The number of hydrogen-bond acceptors (Lipinski definition) is 7. The highest BCUT2D eigenvalue weighted by atomic mass is 16.5. The molecule has 0 saturated heterocycles. The van der Waals surface area contributed by atoms with Crippen molar-refractivity contribution in [3.63, 3.8) is 0 Å². The van der Waals surface area contributed by atoms with Crippen molar-refractivity contribution in [3.05, 3.63) is 46.2 Å². The maximum absolute atomic E-state index is 11.7. The quantitative estimate of drug-likeness (QED) is 0.396. The number of carbonyl (C=O) groups excluding carboxylic acids is 2. The Morgan fingerprint density at radius 1 is 1.14 bits per heavy atom. The molecule has 3 heterocycles. The fourth-order valence-corrected chi connectivity index (χ4v) is 3.46. The minimum Gasteiger partial charge on any atom is -0.466 e. The molecular weight excluding hydrogens is 446 g/mol. The monoisotopic (exact) mass is 489 g/mol. The van der Waals surface area contributed by atoms with Crippen molar-refractivity contribution in [1.29, 1.82) is 0 Å². The van der Waals surface area contributed by atoms with Crippen LogP contribution in [0.15, 0.2) is 39.9 Å². The molecule has 0 fully saturated rings. The number of aromatic nitrogens is 3. The Bertz CT molecular complexity index is 1010. The van der Waals surface area contributed by atoms with Gasteiger partial charge in [-0.25, -0.2) is 9.50 Å². The first-order chi connectivity index (χ1) is 16.3. The van der Waals surface area contributed by atoms with Crippen LogP contribution in [0.3, 0.4) is 0 Å². The van der Waals surface area contributed by atoms with Crippen molar-refractivity contribution in [2.24, 2.45) is 16.6 Å². The molecule has 0 saturated carbocycles. The molecule has 3 rings (SSSR count). The van der Waals surface area contributed by atoms with Gasteiger partial charge in [0.25, 0.3) is 5.56 Å². The molecule has 0 aliphatic carbocycles. The number of aromatic amines is 1. The van der Waals surface area contributed by atoms with E-state index in [2.05, 4.69) is 28.9 Å². The lowest BCUT2D eigenvalue weighted by Crippen LogP contribution is -2.18. The molecule has 1 aliphatic heterocycles. The number of hydrogen-bond donors (Lipinski definition) is 2. The van der Waals surface area contributed by atoms with Crippen LogP contribution in [0, 0.1) is 5.92 Å². The predicted molar refractivity (Wildman–Crippen MR) is 142 cm³/mol. The van der Waals surface area contributed by atoms with Crippen LogP contribution in [0.4, 0.5) is 0 Å². The third-order valence-corrected chi connectivity index (χ3v) is 5.54. The van der Waals surface area contributed by atoms with Gasteiger partial charge in [0.2, 0.25) is 0 Å². The molecule has 0 bridgehead atoms. The van der Waals surface area contributed by atoms with Gasteiger partial charge in [-0.3, -0.25) is 24.5 Å². The molecule has 2 aromatic heterocycles. The van der Waals surface area contributed by atoms with Crippen molar-refractivity contribution in [2.45, 2.75) is 80.1 Å². The van der Waals surface area contributed by atoms with Crippen molar-refractivity contribution < 1.29 is 14.3 Å². The molecule has 0 atom stereocenters. The molecule has 0 radical (unpaired) electrons. The number of aliphatic imine (C=N–C) groups is 1. The van der Waals surface area contributed by atoms with Crippen molar-refractivity contribution in [2.75, 3.05) is 13.2 Å². The van der Waals surface area contributed by atoms with E-state index >= 15 is 0 Å². The SMILES string of the molecule is C.CCC(CC)c1cc(=O)n2[nH]ccc2n1.CCOC(=O)CC(=O)C(CC)CC.NC1=CC=NC1. The molecule has 9 nitrogen and oxygen atoms in total. The molecule has 0 unspecified atom stereocenters. The zero-order valence-corrected chi connectivity index (χ0v) is 21.0. The Hall–Kier alpha value is -3.23. The van der Waals surface area contributed by atoms with E-state index in [0.29, 0.717) is 24.7 Å². The van der Waals surface area contributed by atoms with E-state index in [-0.39, 0.29) is 31.1 Å². The van der Waals surface area contributed by atoms with Gasteiger partial charge in [-0.05, 0) is 38.7 Å². The lowest BCUT2D eigenvalue weighted by atomic mass is 9.96. The molecule has 2 aromatic rings. The van der Waals surface area contributed by atoms with Crippen LogP contribution < -0.4 is 11.3 Å². The third-order valence-electron chi connectivity index (χ3n) is 5.54. The van der Waals surface area contributed by atoms with Crippen LogP contribution in [0.1, 0.15) is 85.8 Å². The zero-order chi connectivity index (χ0) is 25.5. The summed E-state index contributed by atoms with van der Waals surface area (Å²) in [6.45, 7) is 10.9. The fourth-order valence-electron chi connectivity index (χ4n) is 3.46. The van der Waals surface area contributed by atoms with Gasteiger partial charge in [-0.15, -0.1) is 0 Å². The van der Waals surface area contributed by atoms with E-state index < -0.39 is 5.97 Å². The summed E-state index contributed by atoms with van der Waals surface area (Å²) in [7, 11) is 0. The average Bonchev–Trinajstić information content (AvgIpc) is 3.48. The van der Waals surface area contributed by atoms with E-state index in [4.69, 9.17) is 10.5 Å². The van der Waals surface area contributed by atoms with E-state index in [1.165, 1.54) is 4.52 Å². The third kappa shape index (κ3) is 10.7. The minimum atomic E-state index is -0.403. The lowest BCUT2D eigenvalue weighted by molar-refractivity contribution is -0.146. The Labute approximate surface area is 208 Å². The first kappa shape index (κ1) is 31.8. The maximum Gasteiger partial charge on any atom is 0.313 e. The van der Waals surface area contributed by atoms with Gasteiger partial charge in [0, 0.05) is 42.1 Å². The first-order valence-electron chi connectivity index (χ1n) is 12.0. The standard InChI is InChI=1S/C11H15N3O.C10H18O3.C4H6N2.CH4/c1-3-8(4-2)9-7-11(15)14-10(13-9)5-6-12-14;1-4-8(5-2)9(11)7-10(12)13-6-3;5-4-1-2-6-3-4;/h5-8,12H,3-4H2,1-2H3;8H,4-7H2,1-3H3;1-2H,3,5H2;1H4. The van der Waals surface area contributed by atoms with Crippen molar-refractivity contribution >= 4 is 23.6 Å². The Morgan fingerprint density at radius 3 is 2.26 bits per heavy atom. The van der Waals surface area contributed by atoms with Gasteiger partial charge in [0.05, 0.1) is 18.8 Å². The zero-order valence-electron chi connectivity index (χ0n) is 21.0. The van der Waals surface area contributed by atoms with Crippen LogP contribution in [-0.2, 0) is 14.3 Å². The van der Waals surface area contributed by atoms with Crippen molar-refractivity contribution in [1.82, 2.24) is 14.6 Å². The fraction of sp³-hybridized carbons (Fsp3) is 0.577. The Balaban J connectivity index is 0.000000528. The predicted octanol–water partition coefficient (Wildman–Crippen LogP) is 4.42. The minimum absolute atomic E-state index is 0. The van der Waals surface area contributed by atoms with Crippen LogP contribution in [0.5, 0.6) is 0 Å². The molecule has 35 heavy (non-hydrogen) atoms. The summed E-state index contributed by atoms with van der Waals surface area (Å²) >= 11 is 0. The summed E-state index contributed by atoms with van der Waals surface area (Å²) in [6.07, 6.45) is 8.81. The number of H-pyrrole nitrogens is 1. The van der Waals surface area contributed by atoms with Gasteiger partial charge >= 0.3 is 5.97 Å². The Kier molecular flexibility index (Phi) is 15.7. The molecule has 0 spiro atoms. The smallest absolute Gasteiger partial charge is 0.313 e. The average molecular weight is 490 g/mol. The normalized spacial score (nSPS) is 11.8. The molecule has 9 heteroatoms. The summed E-state index contributed by atoms with van der Waals surface area (Å²) in [5, 5.41) is 2.83. The highest BCUT2D eigenvalue weighted by Crippen LogP contribution is 2.19. The second kappa shape index (κ2) is 17.2. The van der Waals surface area contributed by atoms with Crippen LogP contribution in [0.2, 0.25) is 0 Å². The maximum atomic E-state index is 11.7. The number of esters is 1. The number of Topliss-reactive ketones (excluding diaryl/α,β-unsaturated/α-hetero) is 1. The van der Waals surface area contributed by atoms with Gasteiger partial charge in [-0.1, -0.05) is 35.1 Å². The van der Waals surface area contributed by atoms with Gasteiger partial charge in [0.15, 0.2) is 5.65 Å². The number of ketones is 1. The van der Waals surface area contributed by atoms with E-state index in [1.807, 2.05) is 19.9 Å². The largest absolute Gasteiger partial charge is 0.466 e. The van der Waals surface area contributed by atoms with Crippen LogP contribution in [0.25, 0.3) is 5.65 Å². The Morgan fingerprint density at radius 2 is 1.80 bits per heavy atom. The number of rotatable bonds is 9. The van der Waals surface area contributed by atoms with Gasteiger partial charge in [0.1, 0.15) is 12.2 Å². The second-order valence-electron chi connectivity index (χ2n) is 7.88. The van der Waals surface area contributed by atoms with Crippen molar-refractivity contribution in [3.8, 4) is 0 Å². The second-order valence-corrected chi connectivity index (χ2v) is 7.88. The van der Waals surface area contributed by atoms with Gasteiger partial charge in [-0.2, -0.15) is 0 Å². The van der Waals surface area contributed by atoms with E-state index in [0.717, 1.165) is 37.1 Å². The van der Waals surface area contributed by atoms with Gasteiger partial charge < -0.3 is 10.5 Å². The lowest BCUT2D eigenvalue weighted by Gasteiger charge is -2.10. The molecule has 3 N–H and O–H groups in total. The molecule has 196 valence electrons. The highest BCUT2D eigenvalue weighted by Gasteiger charge is 2.18. The first-order valence-corrected chi connectivity index (χ1v) is 12.0. The van der Waals surface area contributed by atoms with Crippen LogP contribution >= 0.6 is 0 Å². The van der Waals surface area contributed by atoms with Crippen LogP contribution in [-0.4, -0.2) is 45.7 Å². The topological polar surface area (TPSA) is 132 Å². The number of nitrogens with one attached hydrogen (secondary N) is 1. The summed E-state index contributed by atoms with van der Waals surface area (Å²) in [5.74, 6) is 0.00450. The number of ether oxygens (including phenoxy) is 1. The number of nitrogens with zero attached hydrogens (tertiary/aromatic N) is 3. The number of nitrogens with two attached hydrogens (primary N) is 1. The number of allylic oxidation sites excluding steroid dienone is 1. The summed E-state index contributed by atoms with van der Waals surface area (Å²) in [5.41, 5.74) is 7.70. The summed E-state index contributed by atoms with van der Waals surface area (Å²) in [4.78, 5) is 42.3. The van der Waals surface area contributed by atoms with E-state index in [1.54, 1.807) is 31.5 Å². The number of fused-ring (bicyclic) bond motifs is 1. The molecule has 0 amide bonds. The highest BCUT2D eigenvalue weighted by molar-refractivity contribution is 5.96. The molecule has 0 aromatic carbocycles.